The van der Waals surface area contributed by atoms with Crippen LogP contribution in [0.1, 0.15) is 11.3 Å². The average molecular weight is 304 g/mol. The molecule has 0 unspecified atom stereocenters. The summed E-state index contributed by atoms with van der Waals surface area (Å²) in [5.74, 6) is 0. The molecule has 3 rings (SSSR count). The van der Waals surface area contributed by atoms with E-state index in [2.05, 4.69) is 0 Å². The molecule has 0 saturated heterocycles. The van der Waals surface area contributed by atoms with Crippen LogP contribution < -0.4 is 5.73 Å². The number of nitrogens with two attached hydrogens (primary N) is 1. The highest BCUT2D eigenvalue weighted by Gasteiger charge is 2.31. The van der Waals surface area contributed by atoms with Gasteiger partial charge < -0.3 is 10.3 Å². The Bertz CT molecular complexity index is 817. The molecule has 0 saturated carbocycles. The Hall–Kier alpha value is -2.27. The summed E-state index contributed by atoms with van der Waals surface area (Å²) in [5.41, 5.74) is 8.39. The fourth-order valence-corrected chi connectivity index (χ4v) is 2.84. The first-order valence-electron chi connectivity index (χ1n) is 6.87. The van der Waals surface area contributed by atoms with Gasteiger partial charge in [-0.25, -0.2) is 0 Å². The van der Waals surface area contributed by atoms with Gasteiger partial charge in [-0.1, -0.05) is 30.3 Å². The van der Waals surface area contributed by atoms with Crippen molar-refractivity contribution >= 4 is 10.9 Å². The largest absolute Gasteiger partial charge is 0.416 e. The maximum Gasteiger partial charge on any atom is 0.416 e. The molecule has 0 atom stereocenters. The highest BCUT2D eigenvalue weighted by atomic mass is 19.4. The summed E-state index contributed by atoms with van der Waals surface area (Å²) in [6.07, 6.45) is -4.36. The van der Waals surface area contributed by atoms with Crippen LogP contribution in [0.25, 0.3) is 22.0 Å². The normalized spacial score (nSPS) is 12.0. The van der Waals surface area contributed by atoms with Gasteiger partial charge in [0, 0.05) is 35.8 Å². The van der Waals surface area contributed by atoms with Crippen LogP contribution in [0, 0.1) is 0 Å². The minimum Gasteiger partial charge on any atom is -0.346 e. The van der Waals surface area contributed by atoms with Crippen LogP contribution in [0.3, 0.4) is 0 Å². The molecule has 22 heavy (non-hydrogen) atoms. The van der Waals surface area contributed by atoms with Gasteiger partial charge in [0.2, 0.25) is 0 Å². The van der Waals surface area contributed by atoms with E-state index < -0.39 is 11.7 Å². The van der Waals surface area contributed by atoms with Crippen molar-refractivity contribution in [3.8, 4) is 11.1 Å². The summed E-state index contributed by atoms with van der Waals surface area (Å²) in [5, 5.41) is 0.573. The smallest absolute Gasteiger partial charge is 0.346 e. The third-order valence-corrected chi connectivity index (χ3v) is 3.90. The predicted octanol–water partition coefficient (Wildman–Crippen LogP) is 4.32. The van der Waals surface area contributed by atoms with Crippen LogP contribution in [0.5, 0.6) is 0 Å². The van der Waals surface area contributed by atoms with Crippen molar-refractivity contribution in [2.75, 3.05) is 0 Å². The van der Waals surface area contributed by atoms with E-state index in [0.717, 1.165) is 28.4 Å². The van der Waals surface area contributed by atoms with Gasteiger partial charge >= 0.3 is 6.18 Å². The molecule has 0 aliphatic rings. The molecule has 2 N–H and O–H groups in total. The zero-order chi connectivity index (χ0) is 15.9. The lowest BCUT2D eigenvalue weighted by atomic mass is 10.0. The highest BCUT2D eigenvalue weighted by molar-refractivity contribution is 5.98. The van der Waals surface area contributed by atoms with Crippen LogP contribution in [0.4, 0.5) is 13.2 Å². The van der Waals surface area contributed by atoms with Gasteiger partial charge in [-0.15, -0.1) is 0 Å². The van der Waals surface area contributed by atoms with Crippen LogP contribution in [-0.4, -0.2) is 4.57 Å². The quantitative estimate of drug-likeness (QED) is 0.751. The Kier molecular flexibility index (Phi) is 3.45. The fourth-order valence-electron chi connectivity index (χ4n) is 2.84. The number of fused-ring (bicyclic) bond motifs is 1. The van der Waals surface area contributed by atoms with E-state index in [9.17, 15) is 13.2 Å². The number of benzene rings is 2. The number of nitrogens with zero attached hydrogens (tertiary/aromatic N) is 1. The number of alkyl halides is 3. The van der Waals surface area contributed by atoms with E-state index in [4.69, 9.17) is 5.73 Å². The topological polar surface area (TPSA) is 30.9 Å². The number of hydrogen-bond acceptors (Lipinski definition) is 1. The Morgan fingerprint density at radius 3 is 2.32 bits per heavy atom. The van der Waals surface area contributed by atoms with E-state index in [0.29, 0.717) is 5.39 Å². The number of halogens is 3. The molecule has 3 aromatic rings. The first-order valence-corrected chi connectivity index (χ1v) is 6.87. The number of hydrogen-bond donors (Lipinski definition) is 1. The predicted molar refractivity (Wildman–Crippen MR) is 81.2 cm³/mol. The zero-order valence-corrected chi connectivity index (χ0v) is 12.0. The molecule has 0 radical (unpaired) electrons. The second kappa shape index (κ2) is 5.18. The Labute approximate surface area is 126 Å². The van der Waals surface area contributed by atoms with E-state index in [-0.39, 0.29) is 6.54 Å². The fraction of sp³-hybridized carbons (Fsp3) is 0.176. The third kappa shape index (κ3) is 2.27. The van der Waals surface area contributed by atoms with Gasteiger partial charge in [0.1, 0.15) is 0 Å². The third-order valence-electron chi connectivity index (χ3n) is 3.90. The maximum absolute atomic E-state index is 13.0. The average Bonchev–Trinajstić information content (AvgIpc) is 2.79. The van der Waals surface area contributed by atoms with Gasteiger partial charge in [-0.05, 0) is 23.8 Å². The van der Waals surface area contributed by atoms with Crippen molar-refractivity contribution in [2.45, 2.75) is 12.7 Å². The van der Waals surface area contributed by atoms with Crippen molar-refractivity contribution in [1.29, 1.82) is 0 Å². The first kappa shape index (κ1) is 14.7. The SMILES string of the molecule is Cn1c(CN)c(-c2ccccc2)c2cc(C(F)(F)F)ccc21. The van der Waals surface area contributed by atoms with Crippen molar-refractivity contribution in [2.24, 2.45) is 12.8 Å². The summed E-state index contributed by atoms with van der Waals surface area (Å²) >= 11 is 0. The zero-order valence-electron chi connectivity index (χ0n) is 12.0. The van der Waals surface area contributed by atoms with Crippen LogP contribution in [0.2, 0.25) is 0 Å². The maximum atomic E-state index is 13.0. The first-order chi connectivity index (χ1) is 10.4. The van der Waals surface area contributed by atoms with Crippen LogP contribution in [0.15, 0.2) is 48.5 Å². The van der Waals surface area contributed by atoms with E-state index in [1.54, 1.807) is 0 Å². The van der Waals surface area contributed by atoms with Crippen LogP contribution >= 0.6 is 0 Å². The summed E-state index contributed by atoms with van der Waals surface area (Å²) < 4.78 is 40.9. The van der Waals surface area contributed by atoms with Gasteiger partial charge in [0.15, 0.2) is 0 Å². The molecule has 0 amide bonds. The van der Waals surface area contributed by atoms with E-state index in [1.807, 2.05) is 41.9 Å². The van der Waals surface area contributed by atoms with Crippen molar-refractivity contribution in [3.05, 3.63) is 59.8 Å². The molecule has 0 fully saturated rings. The molecule has 1 heterocycles. The molecular weight excluding hydrogens is 289 g/mol. The molecule has 0 aliphatic carbocycles. The molecule has 1 aromatic heterocycles. The molecule has 114 valence electrons. The van der Waals surface area contributed by atoms with Crippen molar-refractivity contribution in [3.63, 3.8) is 0 Å². The lowest BCUT2D eigenvalue weighted by molar-refractivity contribution is -0.137. The Balaban J connectivity index is 2.37. The van der Waals surface area contributed by atoms with E-state index in [1.165, 1.54) is 12.1 Å². The summed E-state index contributed by atoms with van der Waals surface area (Å²) in [4.78, 5) is 0. The van der Waals surface area contributed by atoms with Gasteiger partial charge in [-0.2, -0.15) is 13.2 Å². The number of aryl methyl sites for hydroxylation is 1. The second-order valence-corrected chi connectivity index (χ2v) is 5.18. The molecule has 5 heteroatoms. The lowest BCUT2D eigenvalue weighted by Gasteiger charge is -2.07. The molecular formula is C17H15F3N2. The van der Waals surface area contributed by atoms with Gasteiger partial charge in [0.05, 0.1) is 5.56 Å². The molecule has 2 nitrogen and oxygen atoms in total. The summed E-state index contributed by atoms with van der Waals surface area (Å²) in [6, 6.07) is 13.2. The minimum absolute atomic E-state index is 0.261. The summed E-state index contributed by atoms with van der Waals surface area (Å²) in [6.45, 7) is 0.261. The highest BCUT2D eigenvalue weighted by Crippen LogP contribution is 2.38. The van der Waals surface area contributed by atoms with Crippen molar-refractivity contribution in [1.82, 2.24) is 4.57 Å². The minimum atomic E-state index is -4.36. The molecule has 0 spiro atoms. The monoisotopic (exact) mass is 304 g/mol. The molecule has 0 bridgehead atoms. The van der Waals surface area contributed by atoms with E-state index >= 15 is 0 Å². The summed E-state index contributed by atoms with van der Waals surface area (Å²) in [7, 11) is 1.82. The molecule has 2 aromatic carbocycles. The number of rotatable bonds is 2. The number of aromatic nitrogens is 1. The second-order valence-electron chi connectivity index (χ2n) is 5.18. The standard InChI is InChI=1S/C17H15F3N2/c1-22-14-8-7-12(17(18,19)20)9-13(14)16(15(22)10-21)11-5-3-2-4-6-11/h2-9H,10,21H2,1H3. The molecule has 0 aliphatic heterocycles. The van der Waals surface area contributed by atoms with Gasteiger partial charge in [0.25, 0.3) is 0 Å². The Morgan fingerprint density at radius 2 is 1.73 bits per heavy atom. The van der Waals surface area contributed by atoms with Gasteiger partial charge in [-0.3, -0.25) is 0 Å². The van der Waals surface area contributed by atoms with Crippen LogP contribution in [-0.2, 0) is 19.8 Å². The Morgan fingerprint density at radius 1 is 1.05 bits per heavy atom. The van der Waals surface area contributed by atoms with Crippen molar-refractivity contribution < 1.29 is 13.2 Å². The lowest BCUT2D eigenvalue weighted by Crippen LogP contribution is -2.04.